The van der Waals surface area contributed by atoms with Gasteiger partial charge in [-0.1, -0.05) is 0 Å². The van der Waals surface area contributed by atoms with Gasteiger partial charge in [-0.2, -0.15) is 4.98 Å². The molecule has 0 unspecified atom stereocenters. The zero-order valence-corrected chi connectivity index (χ0v) is 9.21. The third-order valence-electron chi connectivity index (χ3n) is 2.18. The van der Waals surface area contributed by atoms with Gasteiger partial charge in [0.2, 0.25) is 5.82 Å². The lowest BCUT2D eigenvalue weighted by Gasteiger charge is -2.09. The Bertz CT molecular complexity index is 536. The summed E-state index contributed by atoms with van der Waals surface area (Å²) in [5, 5.41) is 5.11. The predicted octanol–water partition coefficient (Wildman–Crippen LogP) is 0.0661. The van der Waals surface area contributed by atoms with Crippen molar-refractivity contribution in [2.45, 2.75) is 6.92 Å². The molecule has 0 saturated heterocycles. The molecule has 2 aromatic rings. The van der Waals surface area contributed by atoms with Gasteiger partial charge in [0.05, 0.1) is 7.11 Å². The van der Waals surface area contributed by atoms with Crippen molar-refractivity contribution in [1.29, 1.82) is 0 Å². The van der Waals surface area contributed by atoms with Crippen molar-refractivity contribution >= 4 is 11.7 Å². The van der Waals surface area contributed by atoms with Crippen molar-refractivity contribution in [3.63, 3.8) is 0 Å². The summed E-state index contributed by atoms with van der Waals surface area (Å²) >= 11 is 0. The Hall–Kier alpha value is -2.02. The molecular formula is C9H11N5O2. The molecule has 0 atom stereocenters. The van der Waals surface area contributed by atoms with Gasteiger partial charge in [-0.3, -0.25) is 9.63 Å². The summed E-state index contributed by atoms with van der Waals surface area (Å²) in [5.74, 6) is 0.0476. The van der Waals surface area contributed by atoms with Crippen LogP contribution in [0.2, 0.25) is 0 Å². The van der Waals surface area contributed by atoms with Gasteiger partial charge in [-0.25, -0.2) is 14.6 Å². The van der Waals surface area contributed by atoms with Crippen LogP contribution in [0.25, 0.3) is 5.78 Å². The quantitative estimate of drug-likeness (QED) is 0.671. The number of rotatable bonds is 2. The molecule has 0 aromatic carbocycles. The number of hydrogen-bond donors (Lipinski definition) is 0. The van der Waals surface area contributed by atoms with Gasteiger partial charge in [0, 0.05) is 18.9 Å². The number of aryl methyl sites for hydroxylation is 1. The van der Waals surface area contributed by atoms with Gasteiger partial charge in [0.25, 0.3) is 5.78 Å². The zero-order chi connectivity index (χ0) is 11.7. The number of fused-ring (bicyclic) bond motifs is 1. The Morgan fingerprint density at radius 3 is 2.94 bits per heavy atom. The summed E-state index contributed by atoms with van der Waals surface area (Å²) in [5.41, 5.74) is 0.858. The van der Waals surface area contributed by atoms with E-state index in [1.165, 1.54) is 18.7 Å². The van der Waals surface area contributed by atoms with Crippen molar-refractivity contribution in [2.75, 3.05) is 14.2 Å². The number of carbonyl (C=O) groups excluding carboxylic acids is 1. The second kappa shape index (κ2) is 3.86. The fraction of sp³-hybridized carbons (Fsp3) is 0.333. The van der Waals surface area contributed by atoms with E-state index in [1.807, 2.05) is 6.92 Å². The molecule has 0 aliphatic heterocycles. The lowest BCUT2D eigenvalue weighted by atomic mass is 10.5. The first-order valence-corrected chi connectivity index (χ1v) is 4.64. The number of hydroxylamine groups is 2. The third kappa shape index (κ3) is 1.61. The first kappa shape index (κ1) is 10.5. The average molecular weight is 221 g/mol. The van der Waals surface area contributed by atoms with Gasteiger partial charge in [-0.15, -0.1) is 5.10 Å². The van der Waals surface area contributed by atoms with Crippen LogP contribution in [0.1, 0.15) is 16.3 Å². The van der Waals surface area contributed by atoms with Gasteiger partial charge in [-0.05, 0) is 13.0 Å². The molecule has 84 valence electrons. The van der Waals surface area contributed by atoms with Crippen molar-refractivity contribution in [3.05, 3.63) is 23.8 Å². The van der Waals surface area contributed by atoms with E-state index in [0.717, 1.165) is 10.8 Å². The minimum Gasteiger partial charge on any atom is -0.274 e. The van der Waals surface area contributed by atoms with Crippen LogP contribution < -0.4 is 0 Å². The van der Waals surface area contributed by atoms with E-state index < -0.39 is 5.91 Å². The highest BCUT2D eigenvalue weighted by atomic mass is 16.7. The molecule has 0 radical (unpaired) electrons. The van der Waals surface area contributed by atoms with Crippen molar-refractivity contribution in [2.24, 2.45) is 0 Å². The van der Waals surface area contributed by atoms with Crippen molar-refractivity contribution < 1.29 is 9.63 Å². The van der Waals surface area contributed by atoms with Crippen LogP contribution >= 0.6 is 0 Å². The Balaban J connectivity index is 2.48. The Kier molecular flexibility index (Phi) is 2.53. The van der Waals surface area contributed by atoms with E-state index in [4.69, 9.17) is 4.84 Å². The van der Waals surface area contributed by atoms with E-state index in [1.54, 1.807) is 12.3 Å². The van der Waals surface area contributed by atoms with Gasteiger partial charge in [0.15, 0.2) is 0 Å². The average Bonchev–Trinajstić information content (AvgIpc) is 2.72. The lowest BCUT2D eigenvalue weighted by molar-refractivity contribution is -0.0764. The maximum Gasteiger partial charge on any atom is 0.316 e. The summed E-state index contributed by atoms with van der Waals surface area (Å²) in [6.45, 7) is 1.86. The number of aromatic nitrogens is 4. The molecule has 0 N–H and O–H groups in total. The number of nitrogens with zero attached hydrogens (tertiary/aromatic N) is 5. The van der Waals surface area contributed by atoms with E-state index in [0.29, 0.717) is 5.78 Å². The van der Waals surface area contributed by atoms with Crippen LogP contribution in [-0.4, -0.2) is 44.7 Å². The molecule has 0 spiro atoms. The highest BCUT2D eigenvalue weighted by Crippen LogP contribution is 2.03. The highest BCUT2D eigenvalue weighted by molar-refractivity contribution is 5.89. The monoisotopic (exact) mass is 221 g/mol. The number of amides is 1. The minimum absolute atomic E-state index is 0.0613. The van der Waals surface area contributed by atoms with Crippen LogP contribution in [0, 0.1) is 6.92 Å². The zero-order valence-electron chi connectivity index (χ0n) is 9.21. The molecule has 0 aliphatic carbocycles. The molecule has 2 heterocycles. The van der Waals surface area contributed by atoms with Crippen molar-refractivity contribution in [1.82, 2.24) is 24.6 Å². The topological polar surface area (TPSA) is 72.6 Å². The highest BCUT2D eigenvalue weighted by Gasteiger charge is 2.18. The van der Waals surface area contributed by atoms with Crippen LogP contribution in [0.5, 0.6) is 0 Å². The smallest absolute Gasteiger partial charge is 0.274 e. The third-order valence-corrected chi connectivity index (χ3v) is 2.18. The summed E-state index contributed by atoms with van der Waals surface area (Å²) in [4.78, 5) is 24.5. The van der Waals surface area contributed by atoms with Crippen molar-refractivity contribution in [3.8, 4) is 0 Å². The molecule has 7 nitrogen and oxygen atoms in total. The Morgan fingerprint density at radius 2 is 2.31 bits per heavy atom. The van der Waals surface area contributed by atoms with Gasteiger partial charge in [0.1, 0.15) is 0 Å². The van der Waals surface area contributed by atoms with E-state index in [-0.39, 0.29) is 5.82 Å². The van der Waals surface area contributed by atoms with Crippen LogP contribution in [0.4, 0.5) is 0 Å². The lowest BCUT2D eigenvalue weighted by Crippen LogP contribution is -2.26. The minimum atomic E-state index is -0.410. The standard InChI is InChI=1S/C9H11N5O2/c1-6-4-5-10-9-11-7(12-14(6)9)8(15)13(2)16-3/h4-5H,1-3H3. The molecule has 2 rings (SSSR count). The van der Waals surface area contributed by atoms with Gasteiger partial charge < -0.3 is 0 Å². The SMILES string of the molecule is CON(C)C(=O)c1nc2nccc(C)n2n1. The van der Waals surface area contributed by atoms with Crippen LogP contribution in [0.3, 0.4) is 0 Å². The van der Waals surface area contributed by atoms with Crippen LogP contribution in [-0.2, 0) is 4.84 Å². The van der Waals surface area contributed by atoms with E-state index in [9.17, 15) is 4.79 Å². The second-order valence-electron chi connectivity index (χ2n) is 3.22. The fourth-order valence-corrected chi connectivity index (χ4v) is 1.22. The Labute approximate surface area is 91.6 Å². The largest absolute Gasteiger partial charge is 0.316 e. The molecule has 0 fully saturated rings. The summed E-state index contributed by atoms with van der Waals surface area (Å²) in [6.07, 6.45) is 1.62. The second-order valence-corrected chi connectivity index (χ2v) is 3.22. The Morgan fingerprint density at radius 1 is 1.56 bits per heavy atom. The molecule has 0 bridgehead atoms. The predicted molar refractivity (Wildman–Crippen MR) is 54.6 cm³/mol. The first-order valence-electron chi connectivity index (χ1n) is 4.64. The van der Waals surface area contributed by atoms with Crippen LogP contribution in [0.15, 0.2) is 12.3 Å². The number of carbonyl (C=O) groups is 1. The number of hydrogen-bond acceptors (Lipinski definition) is 5. The fourth-order valence-electron chi connectivity index (χ4n) is 1.22. The van der Waals surface area contributed by atoms with Gasteiger partial charge >= 0.3 is 5.91 Å². The molecule has 2 aromatic heterocycles. The summed E-state index contributed by atoms with van der Waals surface area (Å²) in [7, 11) is 2.89. The molecule has 16 heavy (non-hydrogen) atoms. The molecule has 0 aliphatic rings. The first-order chi connectivity index (χ1) is 7.63. The molecular weight excluding hydrogens is 210 g/mol. The maximum absolute atomic E-state index is 11.7. The molecule has 7 heteroatoms. The normalized spacial score (nSPS) is 10.7. The molecule has 0 saturated carbocycles. The van der Waals surface area contributed by atoms with E-state index >= 15 is 0 Å². The molecule has 1 amide bonds. The maximum atomic E-state index is 11.7. The summed E-state index contributed by atoms with van der Waals surface area (Å²) < 4.78 is 1.51. The van der Waals surface area contributed by atoms with E-state index in [2.05, 4.69) is 15.1 Å². The summed E-state index contributed by atoms with van der Waals surface area (Å²) in [6, 6.07) is 1.79.